The second-order valence-corrected chi connectivity index (χ2v) is 8.29. The molecule has 4 rings (SSSR count). The van der Waals surface area contributed by atoms with Crippen molar-refractivity contribution in [2.75, 3.05) is 18.4 Å². The van der Waals surface area contributed by atoms with Crippen molar-refractivity contribution < 1.29 is 22.8 Å². The molecule has 1 unspecified atom stereocenters. The third kappa shape index (κ3) is 5.31. The maximum atomic E-state index is 12.9. The Morgan fingerprint density at radius 2 is 1.76 bits per heavy atom. The number of nitrogens with zero attached hydrogens (tertiary/aromatic N) is 2. The molecule has 9 heteroatoms. The lowest BCUT2D eigenvalue weighted by molar-refractivity contribution is -0.137. The molecule has 2 amide bonds. The third-order valence-corrected chi connectivity index (χ3v) is 6.04. The normalized spacial score (nSPS) is 14.8. The number of amides is 2. The number of alkyl halides is 3. The number of carbonyl (C=O) groups is 2. The predicted molar refractivity (Wildman–Crippen MR) is 122 cm³/mol. The van der Waals surface area contributed by atoms with Crippen LogP contribution in [0.2, 0.25) is 0 Å². The zero-order valence-electron chi connectivity index (χ0n) is 18.6. The van der Waals surface area contributed by atoms with Gasteiger partial charge >= 0.3 is 18.0 Å². The van der Waals surface area contributed by atoms with Gasteiger partial charge in [-0.1, -0.05) is 30.3 Å². The number of hydrogen-bond acceptors (Lipinski definition) is 3. The van der Waals surface area contributed by atoms with E-state index in [0.717, 1.165) is 30.8 Å². The quantitative estimate of drug-likeness (QED) is 0.556. The molecule has 0 radical (unpaired) electrons. The van der Waals surface area contributed by atoms with Crippen molar-refractivity contribution in [3.05, 3.63) is 89.2 Å². The van der Waals surface area contributed by atoms with E-state index in [4.69, 9.17) is 0 Å². The van der Waals surface area contributed by atoms with Gasteiger partial charge in [0.15, 0.2) is 0 Å². The molecule has 178 valence electrons. The van der Waals surface area contributed by atoms with Gasteiger partial charge in [0.25, 0.3) is 0 Å². The predicted octanol–water partition coefficient (Wildman–Crippen LogP) is 3.90. The number of carbonyl (C=O) groups excluding carboxylic acids is 2. The highest BCUT2D eigenvalue weighted by atomic mass is 19.4. The Balaban J connectivity index is 1.44. The van der Waals surface area contributed by atoms with Gasteiger partial charge < -0.3 is 15.2 Å². The molecule has 0 saturated heterocycles. The van der Waals surface area contributed by atoms with Gasteiger partial charge in [-0.15, -0.1) is 0 Å². The van der Waals surface area contributed by atoms with Gasteiger partial charge in [-0.3, -0.25) is 14.5 Å². The van der Waals surface area contributed by atoms with E-state index in [0.29, 0.717) is 6.54 Å². The van der Waals surface area contributed by atoms with Crippen LogP contribution in [0, 0.1) is 0 Å². The highest BCUT2D eigenvalue weighted by Gasteiger charge is 2.31. The van der Waals surface area contributed by atoms with Crippen LogP contribution < -0.4 is 10.6 Å². The van der Waals surface area contributed by atoms with Gasteiger partial charge in [-0.2, -0.15) is 13.2 Å². The summed E-state index contributed by atoms with van der Waals surface area (Å²) in [6, 6.07) is 16.1. The minimum Gasteiger partial charge on any atom is -0.353 e. The lowest BCUT2D eigenvalue weighted by atomic mass is 9.98. The third-order valence-electron chi connectivity index (χ3n) is 6.04. The fraction of sp³-hybridized carbons (Fsp3) is 0.280. The molecule has 2 N–H and O–H groups in total. The van der Waals surface area contributed by atoms with Crippen molar-refractivity contribution in [1.82, 2.24) is 14.8 Å². The molecule has 0 fully saturated rings. The Morgan fingerprint density at radius 1 is 1.00 bits per heavy atom. The highest BCUT2D eigenvalue weighted by molar-refractivity contribution is 6.39. The molecule has 0 bridgehead atoms. The van der Waals surface area contributed by atoms with Crippen LogP contribution in [0.1, 0.15) is 28.4 Å². The number of anilines is 1. The number of fused-ring (bicyclic) bond motifs is 1. The van der Waals surface area contributed by atoms with Crippen molar-refractivity contribution in [1.29, 1.82) is 0 Å². The Morgan fingerprint density at radius 3 is 2.47 bits per heavy atom. The highest BCUT2D eigenvalue weighted by Crippen LogP contribution is 2.31. The van der Waals surface area contributed by atoms with E-state index >= 15 is 0 Å². The van der Waals surface area contributed by atoms with Crippen LogP contribution in [0.15, 0.2) is 66.9 Å². The van der Waals surface area contributed by atoms with Gasteiger partial charge in [0, 0.05) is 44.3 Å². The van der Waals surface area contributed by atoms with E-state index < -0.39 is 23.6 Å². The van der Waals surface area contributed by atoms with Crippen LogP contribution in [0.25, 0.3) is 0 Å². The van der Waals surface area contributed by atoms with E-state index in [9.17, 15) is 22.8 Å². The number of aryl methyl sites for hydroxylation is 1. The summed E-state index contributed by atoms with van der Waals surface area (Å²) in [5, 5.41) is 4.90. The number of benzene rings is 2. The maximum absolute atomic E-state index is 12.9. The molecule has 1 atom stereocenters. The topological polar surface area (TPSA) is 66.4 Å². The van der Waals surface area contributed by atoms with E-state index in [-0.39, 0.29) is 18.3 Å². The molecule has 2 heterocycles. The summed E-state index contributed by atoms with van der Waals surface area (Å²) in [5.41, 5.74) is 2.51. The van der Waals surface area contributed by atoms with Crippen LogP contribution in [0.4, 0.5) is 18.9 Å². The number of nitrogens with one attached hydrogen (secondary N) is 2. The van der Waals surface area contributed by atoms with E-state index in [1.54, 1.807) is 0 Å². The average Bonchev–Trinajstić information content (AvgIpc) is 3.24. The average molecular weight is 470 g/mol. The van der Waals surface area contributed by atoms with Gasteiger partial charge in [0.05, 0.1) is 11.6 Å². The maximum Gasteiger partial charge on any atom is 0.416 e. The first-order valence-corrected chi connectivity index (χ1v) is 10.9. The largest absolute Gasteiger partial charge is 0.416 e. The summed E-state index contributed by atoms with van der Waals surface area (Å²) < 4.78 is 40.7. The minimum atomic E-state index is -4.54. The number of rotatable bonds is 5. The van der Waals surface area contributed by atoms with Crippen LogP contribution in [0.5, 0.6) is 0 Å². The first kappa shape index (κ1) is 23.6. The van der Waals surface area contributed by atoms with Crippen LogP contribution in [-0.4, -0.2) is 34.4 Å². The molecule has 0 saturated carbocycles. The van der Waals surface area contributed by atoms with Gasteiger partial charge in [0.1, 0.15) is 0 Å². The molecule has 0 spiro atoms. The molecule has 3 aromatic rings. The standard InChI is InChI=1S/C25H25F3N4O2/c1-31-12-5-10-21(31)22(32-13-11-17-6-2-3-7-18(17)16-32)15-29-23(33)24(34)30-20-9-4-8-19(14-20)25(26,27)28/h2-10,12,14,22H,11,13,15-16H2,1H3,(H,29,33)(H,30,34). The fourth-order valence-corrected chi connectivity index (χ4v) is 4.26. The smallest absolute Gasteiger partial charge is 0.353 e. The first-order chi connectivity index (χ1) is 16.2. The summed E-state index contributed by atoms with van der Waals surface area (Å²) in [6.07, 6.45) is -1.75. The lowest BCUT2D eigenvalue weighted by Gasteiger charge is -2.36. The molecule has 1 aliphatic rings. The zero-order valence-corrected chi connectivity index (χ0v) is 18.6. The Hall–Kier alpha value is -3.59. The Labute approximate surface area is 195 Å². The summed E-state index contributed by atoms with van der Waals surface area (Å²) in [7, 11) is 1.92. The van der Waals surface area contributed by atoms with Crippen LogP contribution in [-0.2, 0) is 35.8 Å². The van der Waals surface area contributed by atoms with Crippen molar-refractivity contribution in [2.24, 2.45) is 7.05 Å². The van der Waals surface area contributed by atoms with Gasteiger partial charge in [-0.25, -0.2) is 0 Å². The summed E-state index contributed by atoms with van der Waals surface area (Å²) >= 11 is 0. The van der Waals surface area contributed by atoms with E-state index in [2.05, 4.69) is 27.7 Å². The summed E-state index contributed by atoms with van der Waals surface area (Å²) in [5.74, 6) is -1.93. The number of aromatic nitrogens is 1. The monoisotopic (exact) mass is 470 g/mol. The Kier molecular flexibility index (Phi) is 6.74. The van der Waals surface area contributed by atoms with Crippen molar-refractivity contribution >= 4 is 17.5 Å². The molecule has 34 heavy (non-hydrogen) atoms. The van der Waals surface area contributed by atoms with Gasteiger partial charge in [0.2, 0.25) is 0 Å². The van der Waals surface area contributed by atoms with Crippen molar-refractivity contribution in [3.8, 4) is 0 Å². The van der Waals surface area contributed by atoms with E-state index in [1.807, 2.05) is 42.1 Å². The Bertz CT molecular complexity index is 1190. The second kappa shape index (κ2) is 9.72. The van der Waals surface area contributed by atoms with Crippen LogP contribution >= 0.6 is 0 Å². The molecule has 1 aromatic heterocycles. The molecule has 2 aromatic carbocycles. The molecular formula is C25H25F3N4O2. The summed E-state index contributed by atoms with van der Waals surface area (Å²) in [4.78, 5) is 27.1. The summed E-state index contributed by atoms with van der Waals surface area (Å²) in [6.45, 7) is 1.67. The van der Waals surface area contributed by atoms with Crippen molar-refractivity contribution in [3.63, 3.8) is 0 Å². The van der Waals surface area contributed by atoms with Gasteiger partial charge in [-0.05, 0) is 47.9 Å². The number of halogens is 3. The second-order valence-electron chi connectivity index (χ2n) is 8.29. The zero-order chi connectivity index (χ0) is 24.3. The molecule has 6 nitrogen and oxygen atoms in total. The van der Waals surface area contributed by atoms with E-state index in [1.165, 1.54) is 23.3 Å². The fourth-order valence-electron chi connectivity index (χ4n) is 4.26. The van der Waals surface area contributed by atoms with Crippen molar-refractivity contribution in [2.45, 2.75) is 25.2 Å². The first-order valence-electron chi connectivity index (χ1n) is 10.9. The SMILES string of the molecule is Cn1cccc1C(CNC(=O)C(=O)Nc1cccc(C(F)(F)F)c1)N1CCc2ccccc2C1. The lowest BCUT2D eigenvalue weighted by Crippen LogP contribution is -2.44. The molecular weight excluding hydrogens is 445 g/mol. The minimum absolute atomic E-state index is 0.0957. The molecule has 1 aliphatic heterocycles. The number of hydrogen-bond donors (Lipinski definition) is 2. The van der Waals surface area contributed by atoms with Crippen LogP contribution in [0.3, 0.4) is 0 Å². The molecule has 0 aliphatic carbocycles.